The maximum atomic E-state index is 13.6. The number of hydrogen-bond donors (Lipinski definition) is 2. The van der Waals surface area contributed by atoms with Gasteiger partial charge in [-0.05, 0) is 44.0 Å². The molecular weight excluding hydrogens is 300 g/mol. The number of benzene rings is 2. The lowest BCUT2D eigenvalue weighted by molar-refractivity contribution is 0.0910. The van der Waals surface area contributed by atoms with Crippen molar-refractivity contribution in [3.63, 3.8) is 0 Å². The molecule has 0 spiro atoms. The molecule has 2 aromatic carbocycles. The van der Waals surface area contributed by atoms with Gasteiger partial charge in [-0.15, -0.1) is 0 Å². The summed E-state index contributed by atoms with van der Waals surface area (Å²) in [6, 6.07) is 7.12. The topological polar surface area (TPSA) is 49.3 Å². The molecule has 2 rings (SSSR count). The maximum absolute atomic E-state index is 13.6. The Morgan fingerprint density at radius 1 is 1.13 bits per heavy atom. The van der Waals surface area contributed by atoms with Crippen molar-refractivity contribution < 1.29 is 18.7 Å². The van der Waals surface area contributed by atoms with Gasteiger partial charge in [0.2, 0.25) is 0 Å². The van der Waals surface area contributed by atoms with Crippen molar-refractivity contribution in [2.24, 2.45) is 0 Å². The van der Waals surface area contributed by atoms with Crippen molar-refractivity contribution >= 4 is 5.91 Å². The molecule has 0 aromatic heterocycles. The number of amides is 1. The Kier molecular flexibility index (Phi) is 5.11. The molecule has 0 bridgehead atoms. The summed E-state index contributed by atoms with van der Waals surface area (Å²) in [5.74, 6) is -2.06. The monoisotopic (exact) mass is 319 g/mol. The lowest BCUT2D eigenvalue weighted by atomic mass is 9.99. The molecule has 5 heteroatoms. The van der Waals surface area contributed by atoms with Crippen LogP contribution in [0.4, 0.5) is 8.78 Å². The van der Waals surface area contributed by atoms with E-state index in [9.17, 15) is 18.7 Å². The lowest BCUT2D eigenvalue weighted by Gasteiger charge is -2.16. The van der Waals surface area contributed by atoms with Crippen LogP contribution in [0.2, 0.25) is 0 Å². The molecule has 1 atom stereocenters. The quantitative estimate of drug-likeness (QED) is 0.908. The second-order valence-electron chi connectivity index (χ2n) is 5.63. The molecule has 1 unspecified atom stereocenters. The molecule has 0 aliphatic carbocycles. The first kappa shape index (κ1) is 17.1. The second-order valence-corrected chi connectivity index (χ2v) is 5.63. The zero-order chi connectivity index (χ0) is 17.1. The summed E-state index contributed by atoms with van der Waals surface area (Å²) in [4.78, 5) is 12.3. The smallest absolute Gasteiger partial charge is 0.251 e. The van der Waals surface area contributed by atoms with E-state index in [0.717, 1.165) is 28.8 Å². The van der Waals surface area contributed by atoms with Gasteiger partial charge in [0.25, 0.3) is 5.91 Å². The van der Waals surface area contributed by atoms with Gasteiger partial charge in [0.15, 0.2) is 0 Å². The fourth-order valence-corrected chi connectivity index (χ4v) is 2.75. The molecule has 23 heavy (non-hydrogen) atoms. The number of nitrogens with one attached hydrogen (secondary N) is 1. The molecule has 0 saturated heterocycles. The fourth-order valence-electron chi connectivity index (χ4n) is 2.75. The molecule has 122 valence electrons. The highest BCUT2D eigenvalue weighted by Gasteiger charge is 2.19. The Morgan fingerprint density at radius 3 is 2.17 bits per heavy atom. The van der Waals surface area contributed by atoms with Gasteiger partial charge in [0.05, 0.1) is 5.56 Å². The standard InChI is InChI=1S/C18H19F2NO2/c1-10-7-11(2)16(12(3)8-10)18(23)21-9-15(22)17-13(19)5-4-6-14(17)20/h4-8,15,22H,9H2,1-3H3,(H,21,23). The number of aliphatic hydroxyl groups excluding tert-OH is 1. The Hall–Kier alpha value is -2.27. The average molecular weight is 319 g/mol. The summed E-state index contributed by atoms with van der Waals surface area (Å²) in [6.45, 7) is 5.31. The van der Waals surface area contributed by atoms with Crippen molar-refractivity contribution in [3.05, 3.63) is 69.8 Å². The highest BCUT2D eigenvalue weighted by atomic mass is 19.1. The predicted octanol–water partition coefficient (Wildman–Crippen LogP) is 3.35. The van der Waals surface area contributed by atoms with E-state index in [-0.39, 0.29) is 12.5 Å². The largest absolute Gasteiger partial charge is 0.386 e. The zero-order valence-corrected chi connectivity index (χ0v) is 13.3. The number of aryl methyl sites for hydroxylation is 3. The van der Waals surface area contributed by atoms with E-state index in [1.165, 1.54) is 6.07 Å². The minimum absolute atomic E-state index is 0.274. The number of hydrogen-bond acceptors (Lipinski definition) is 2. The Bertz CT molecular complexity index is 701. The van der Waals surface area contributed by atoms with Crippen molar-refractivity contribution in [2.45, 2.75) is 26.9 Å². The summed E-state index contributed by atoms with van der Waals surface area (Å²) < 4.78 is 27.2. The third kappa shape index (κ3) is 3.74. The van der Waals surface area contributed by atoms with Crippen molar-refractivity contribution in [1.82, 2.24) is 5.32 Å². The third-order valence-electron chi connectivity index (χ3n) is 3.69. The first-order chi connectivity index (χ1) is 10.8. The fraction of sp³-hybridized carbons (Fsp3) is 0.278. The molecule has 0 aliphatic rings. The van der Waals surface area contributed by atoms with Gasteiger partial charge < -0.3 is 10.4 Å². The minimum atomic E-state index is -1.45. The third-order valence-corrected chi connectivity index (χ3v) is 3.69. The van der Waals surface area contributed by atoms with E-state index in [2.05, 4.69) is 5.32 Å². The molecule has 0 saturated carbocycles. The summed E-state index contributed by atoms with van der Waals surface area (Å²) in [5.41, 5.74) is 2.74. The van der Waals surface area contributed by atoms with E-state index in [1.807, 2.05) is 32.9 Å². The summed E-state index contributed by atoms with van der Waals surface area (Å²) in [7, 11) is 0. The number of carbonyl (C=O) groups is 1. The van der Waals surface area contributed by atoms with Crippen LogP contribution in [-0.4, -0.2) is 17.6 Å². The van der Waals surface area contributed by atoms with E-state index >= 15 is 0 Å². The molecule has 0 aliphatic heterocycles. The van der Waals surface area contributed by atoms with Gasteiger partial charge in [-0.3, -0.25) is 4.79 Å². The SMILES string of the molecule is Cc1cc(C)c(C(=O)NCC(O)c2c(F)cccc2F)c(C)c1. The van der Waals surface area contributed by atoms with Crippen LogP contribution >= 0.6 is 0 Å². The van der Waals surface area contributed by atoms with Crippen molar-refractivity contribution in [3.8, 4) is 0 Å². The summed E-state index contributed by atoms with van der Waals surface area (Å²) in [6.07, 6.45) is -1.45. The first-order valence-electron chi connectivity index (χ1n) is 7.29. The number of halogens is 2. The minimum Gasteiger partial charge on any atom is -0.386 e. The normalized spacial score (nSPS) is 12.1. The van der Waals surface area contributed by atoms with Crippen molar-refractivity contribution in [1.29, 1.82) is 0 Å². The summed E-state index contributed by atoms with van der Waals surface area (Å²) >= 11 is 0. The Labute approximate surface area is 134 Å². The molecule has 0 heterocycles. The molecule has 2 N–H and O–H groups in total. The Balaban J connectivity index is 2.14. The molecule has 3 nitrogen and oxygen atoms in total. The van der Waals surface area contributed by atoms with Crippen LogP contribution < -0.4 is 5.32 Å². The average Bonchev–Trinajstić information content (AvgIpc) is 2.43. The number of rotatable bonds is 4. The molecule has 1 amide bonds. The van der Waals surface area contributed by atoms with Crippen LogP contribution in [0.25, 0.3) is 0 Å². The van der Waals surface area contributed by atoms with Crippen molar-refractivity contribution in [2.75, 3.05) is 6.54 Å². The maximum Gasteiger partial charge on any atom is 0.251 e. The predicted molar refractivity (Wildman–Crippen MR) is 84.3 cm³/mol. The summed E-state index contributed by atoms with van der Waals surface area (Å²) in [5, 5.41) is 12.5. The molecule has 0 fully saturated rings. The number of aliphatic hydroxyl groups is 1. The van der Waals surface area contributed by atoms with Crippen LogP contribution in [0.3, 0.4) is 0 Å². The van der Waals surface area contributed by atoms with Crippen LogP contribution in [-0.2, 0) is 0 Å². The Morgan fingerprint density at radius 2 is 1.65 bits per heavy atom. The number of carbonyl (C=O) groups excluding carboxylic acids is 1. The van der Waals surface area contributed by atoms with Crippen LogP contribution in [0.15, 0.2) is 30.3 Å². The van der Waals surface area contributed by atoms with Gasteiger partial charge in [0.1, 0.15) is 17.7 Å². The van der Waals surface area contributed by atoms with E-state index in [1.54, 1.807) is 0 Å². The van der Waals surface area contributed by atoms with Crippen LogP contribution in [0.5, 0.6) is 0 Å². The first-order valence-corrected chi connectivity index (χ1v) is 7.29. The van der Waals surface area contributed by atoms with E-state index in [4.69, 9.17) is 0 Å². The lowest BCUT2D eigenvalue weighted by Crippen LogP contribution is -2.30. The highest BCUT2D eigenvalue weighted by Crippen LogP contribution is 2.21. The van der Waals surface area contributed by atoms with Crippen LogP contribution in [0, 0.1) is 32.4 Å². The van der Waals surface area contributed by atoms with E-state index < -0.39 is 23.3 Å². The highest BCUT2D eigenvalue weighted by molar-refractivity contribution is 5.97. The van der Waals surface area contributed by atoms with Gasteiger partial charge >= 0.3 is 0 Å². The van der Waals surface area contributed by atoms with Gasteiger partial charge in [-0.1, -0.05) is 23.8 Å². The molecular formula is C18H19F2NO2. The second kappa shape index (κ2) is 6.87. The van der Waals surface area contributed by atoms with Crippen LogP contribution in [0.1, 0.15) is 38.7 Å². The van der Waals surface area contributed by atoms with Gasteiger partial charge in [-0.2, -0.15) is 0 Å². The van der Waals surface area contributed by atoms with Gasteiger partial charge in [0, 0.05) is 12.1 Å². The molecule has 2 aromatic rings. The van der Waals surface area contributed by atoms with E-state index in [0.29, 0.717) is 5.56 Å². The molecule has 0 radical (unpaired) electrons. The zero-order valence-electron chi connectivity index (χ0n) is 13.3. The van der Waals surface area contributed by atoms with Gasteiger partial charge in [-0.25, -0.2) is 8.78 Å².